The molecule has 0 spiro atoms. The highest BCUT2D eigenvalue weighted by molar-refractivity contribution is 7.17. The van der Waals surface area contributed by atoms with E-state index in [2.05, 4.69) is 26.1 Å². The minimum atomic E-state index is 0.627. The molecule has 0 atom stereocenters. The number of aromatic nitrogens is 4. The molecule has 0 saturated carbocycles. The lowest BCUT2D eigenvalue weighted by molar-refractivity contribution is 0.934. The summed E-state index contributed by atoms with van der Waals surface area (Å²) < 4.78 is 1.89. The van der Waals surface area contributed by atoms with Crippen molar-refractivity contribution in [2.45, 2.75) is 6.92 Å². The molecule has 25 heavy (non-hydrogen) atoms. The molecule has 0 amide bonds. The van der Waals surface area contributed by atoms with Crippen LogP contribution in [-0.2, 0) is 0 Å². The molecule has 6 nitrogen and oxygen atoms in total. The van der Waals surface area contributed by atoms with Crippen LogP contribution >= 0.6 is 11.3 Å². The van der Waals surface area contributed by atoms with E-state index in [0.717, 1.165) is 43.9 Å². The monoisotopic (exact) mass is 346 g/mol. The van der Waals surface area contributed by atoms with Crippen LogP contribution in [-0.4, -0.2) is 38.2 Å². The molecule has 7 heteroatoms. The number of nitrogens with one attached hydrogen (secondary N) is 1. The van der Waals surface area contributed by atoms with Crippen LogP contribution < -0.4 is 0 Å². The summed E-state index contributed by atoms with van der Waals surface area (Å²) >= 11 is 1.61. The summed E-state index contributed by atoms with van der Waals surface area (Å²) in [6.45, 7) is 2.64. The molecule has 1 aliphatic heterocycles. The number of fused-ring (bicyclic) bond motifs is 1. The highest BCUT2D eigenvalue weighted by Gasteiger charge is 2.23. The first-order valence-electron chi connectivity index (χ1n) is 7.97. The van der Waals surface area contributed by atoms with E-state index in [1.165, 1.54) is 0 Å². The van der Waals surface area contributed by atoms with Gasteiger partial charge in [-0.2, -0.15) is 5.10 Å². The number of rotatable bonds is 3. The molecular formula is C18H14N6S. The van der Waals surface area contributed by atoms with Crippen LogP contribution in [0.2, 0.25) is 0 Å². The highest BCUT2D eigenvalue weighted by Crippen LogP contribution is 2.37. The predicted molar refractivity (Wildman–Crippen MR) is 101 cm³/mol. The van der Waals surface area contributed by atoms with E-state index in [4.69, 9.17) is 4.98 Å². The number of pyridine rings is 1. The molecular weight excluding hydrogens is 332 g/mol. The zero-order valence-electron chi connectivity index (χ0n) is 13.5. The third kappa shape index (κ3) is 2.24. The van der Waals surface area contributed by atoms with Gasteiger partial charge in [-0.05, 0) is 31.2 Å². The second kappa shape index (κ2) is 5.49. The number of aryl methyl sites for hydroxylation is 1. The Morgan fingerprint density at radius 1 is 1.20 bits per heavy atom. The Hall–Kier alpha value is -3.06. The van der Waals surface area contributed by atoms with Gasteiger partial charge >= 0.3 is 0 Å². The van der Waals surface area contributed by atoms with Crippen molar-refractivity contribution >= 4 is 28.9 Å². The van der Waals surface area contributed by atoms with Gasteiger partial charge in [0.05, 0.1) is 29.0 Å². The van der Waals surface area contributed by atoms with E-state index in [0.29, 0.717) is 6.54 Å². The first-order valence-corrected chi connectivity index (χ1v) is 8.79. The molecule has 122 valence electrons. The van der Waals surface area contributed by atoms with Crippen LogP contribution in [0.3, 0.4) is 0 Å². The van der Waals surface area contributed by atoms with Gasteiger partial charge in [-0.15, -0.1) is 11.3 Å². The minimum Gasteiger partial charge on any atom is -0.360 e. The van der Waals surface area contributed by atoms with E-state index < -0.39 is 0 Å². The second-order valence-corrected chi connectivity index (χ2v) is 6.75. The first-order chi connectivity index (χ1) is 12.3. The molecule has 0 fully saturated rings. The van der Waals surface area contributed by atoms with E-state index in [-0.39, 0.29) is 0 Å². The van der Waals surface area contributed by atoms with Crippen LogP contribution in [0.5, 0.6) is 0 Å². The van der Waals surface area contributed by atoms with Gasteiger partial charge in [0.1, 0.15) is 15.6 Å². The molecule has 5 heterocycles. The average molecular weight is 346 g/mol. The maximum Gasteiger partial charge on any atom is 0.167 e. The van der Waals surface area contributed by atoms with Gasteiger partial charge in [0.15, 0.2) is 5.84 Å². The molecule has 1 aliphatic rings. The zero-order chi connectivity index (χ0) is 16.8. The zero-order valence-corrected chi connectivity index (χ0v) is 14.3. The number of hydrogen-bond acceptors (Lipinski definition) is 5. The summed E-state index contributed by atoms with van der Waals surface area (Å²) in [5.74, 6) is 0.752. The van der Waals surface area contributed by atoms with Crippen molar-refractivity contribution in [3.8, 4) is 22.0 Å². The molecule has 0 saturated heterocycles. The van der Waals surface area contributed by atoms with Crippen LogP contribution in [0, 0.1) is 6.92 Å². The normalized spacial score (nSPS) is 13.7. The summed E-state index contributed by atoms with van der Waals surface area (Å²) in [7, 11) is 0. The van der Waals surface area contributed by atoms with Gasteiger partial charge in [0, 0.05) is 18.6 Å². The van der Waals surface area contributed by atoms with Crippen LogP contribution in [0.4, 0.5) is 0 Å². The molecule has 1 N–H and O–H groups in total. The van der Waals surface area contributed by atoms with Crippen molar-refractivity contribution in [2.24, 2.45) is 9.98 Å². The SMILES string of the molecule is Cc1nn2ccccc2c1-c1nc(-c2ccc[nH]2)c(C2=NCC=N2)s1. The minimum absolute atomic E-state index is 0.627. The van der Waals surface area contributed by atoms with Crippen LogP contribution in [0.25, 0.3) is 27.5 Å². The van der Waals surface area contributed by atoms with Gasteiger partial charge in [-0.25, -0.2) is 14.5 Å². The van der Waals surface area contributed by atoms with E-state index >= 15 is 0 Å². The Morgan fingerprint density at radius 2 is 2.16 bits per heavy atom. The maximum atomic E-state index is 4.93. The number of thiazole rings is 1. The molecule has 4 aromatic heterocycles. The number of H-pyrrole nitrogens is 1. The molecule has 0 aliphatic carbocycles. The van der Waals surface area contributed by atoms with Gasteiger partial charge in [-0.3, -0.25) is 4.99 Å². The van der Waals surface area contributed by atoms with Gasteiger partial charge in [0.2, 0.25) is 0 Å². The highest BCUT2D eigenvalue weighted by atomic mass is 32.1. The van der Waals surface area contributed by atoms with Crippen LogP contribution in [0.1, 0.15) is 10.6 Å². The van der Waals surface area contributed by atoms with Crippen molar-refractivity contribution in [3.63, 3.8) is 0 Å². The summed E-state index contributed by atoms with van der Waals surface area (Å²) in [6, 6.07) is 10.0. The molecule has 0 bridgehead atoms. The molecule has 0 aromatic carbocycles. The lowest BCUT2D eigenvalue weighted by atomic mass is 10.2. The fraction of sp³-hybridized carbons (Fsp3) is 0.111. The standard InChI is InChI=1S/C18H14N6S/c1-11-14(13-6-2-3-10-24(13)23-11)18-22-15(12-5-4-7-19-12)16(25-18)17-20-8-9-21-17/h2-8,10,19H,9H2,1H3. The molecule has 0 unspecified atom stereocenters. The Bertz CT molecular complexity index is 1130. The topological polar surface area (TPSA) is 70.7 Å². The quantitative estimate of drug-likeness (QED) is 0.616. The lowest BCUT2D eigenvalue weighted by Crippen LogP contribution is -1.93. The molecule has 4 aromatic rings. The third-order valence-electron chi connectivity index (χ3n) is 4.15. The van der Waals surface area contributed by atoms with Crippen molar-refractivity contribution in [2.75, 3.05) is 6.54 Å². The number of aromatic amines is 1. The lowest BCUT2D eigenvalue weighted by Gasteiger charge is -1.96. The predicted octanol–water partition coefficient (Wildman–Crippen LogP) is 3.59. The summed E-state index contributed by atoms with van der Waals surface area (Å²) in [5.41, 5.74) is 4.93. The van der Waals surface area contributed by atoms with E-state index in [9.17, 15) is 0 Å². The average Bonchev–Trinajstić information content (AvgIpc) is 3.38. The van der Waals surface area contributed by atoms with Crippen LogP contribution in [0.15, 0.2) is 52.7 Å². The second-order valence-electron chi connectivity index (χ2n) is 5.75. The van der Waals surface area contributed by atoms with Gasteiger partial charge in [-0.1, -0.05) is 6.07 Å². The third-order valence-corrected chi connectivity index (χ3v) is 5.22. The van der Waals surface area contributed by atoms with Gasteiger partial charge in [0.25, 0.3) is 0 Å². The number of aliphatic imine (C=N–C) groups is 2. The smallest absolute Gasteiger partial charge is 0.167 e. The van der Waals surface area contributed by atoms with E-state index in [1.54, 1.807) is 11.3 Å². The maximum absolute atomic E-state index is 4.93. The van der Waals surface area contributed by atoms with Crippen molar-refractivity contribution in [1.29, 1.82) is 0 Å². The Labute approximate surface area is 147 Å². The molecule has 0 radical (unpaired) electrons. The fourth-order valence-corrected chi connectivity index (χ4v) is 4.19. The summed E-state index contributed by atoms with van der Waals surface area (Å²) in [5, 5.41) is 5.54. The molecule has 5 rings (SSSR count). The summed E-state index contributed by atoms with van der Waals surface area (Å²) in [4.78, 5) is 18.1. The Kier molecular flexibility index (Phi) is 3.14. The van der Waals surface area contributed by atoms with Crippen molar-refractivity contribution < 1.29 is 0 Å². The van der Waals surface area contributed by atoms with Gasteiger partial charge < -0.3 is 4.98 Å². The van der Waals surface area contributed by atoms with E-state index in [1.807, 2.05) is 54.3 Å². The number of amidine groups is 1. The first kappa shape index (κ1) is 14.3. The largest absolute Gasteiger partial charge is 0.360 e. The fourth-order valence-electron chi connectivity index (χ4n) is 3.05. The van der Waals surface area contributed by atoms with Crippen molar-refractivity contribution in [1.82, 2.24) is 19.6 Å². The Balaban J connectivity index is 1.76. The number of nitrogens with zero attached hydrogens (tertiary/aromatic N) is 5. The van der Waals surface area contributed by atoms with Crippen molar-refractivity contribution in [3.05, 3.63) is 53.3 Å². The number of hydrogen-bond donors (Lipinski definition) is 1. The summed E-state index contributed by atoms with van der Waals surface area (Å²) in [6.07, 6.45) is 5.68. The Morgan fingerprint density at radius 3 is 2.96 bits per heavy atom.